The van der Waals surface area contributed by atoms with Gasteiger partial charge in [-0.05, 0) is 31.6 Å². The molecule has 1 aliphatic carbocycles. The first-order chi connectivity index (χ1) is 8.10. The van der Waals surface area contributed by atoms with Gasteiger partial charge >= 0.3 is 5.97 Å². The van der Waals surface area contributed by atoms with E-state index >= 15 is 0 Å². The highest BCUT2D eigenvalue weighted by Crippen LogP contribution is 2.28. The van der Waals surface area contributed by atoms with Gasteiger partial charge in [0.15, 0.2) is 0 Å². The average Bonchev–Trinajstić information content (AvgIpc) is 2.87. The molecule has 0 aromatic heterocycles. The minimum atomic E-state index is -0.152. The van der Waals surface area contributed by atoms with E-state index in [1.54, 1.807) is 0 Å². The van der Waals surface area contributed by atoms with Crippen LogP contribution < -0.4 is 5.32 Å². The van der Waals surface area contributed by atoms with Crippen LogP contribution in [0.2, 0.25) is 0 Å². The summed E-state index contributed by atoms with van der Waals surface area (Å²) >= 11 is 0. The molecule has 0 saturated heterocycles. The smallest absolute Gasteiger partial charge is 0.323 e. The zero-order chi connectivity index (χ0) is 12.8. The van der Waals surface area contributed by atoms with Crippen molar-refractivity contribution in [2.45, 2.75) is 65.0 Å². The van der Waals surface area contributed by atoms with Gasteiger partial charge in [-0.3, -0.25) is 4.79 Å². The lowest BCUT2D eigenvalue weighted by Crippen LogP contribution is -2.48. The van der Waals surface area contributed by atoms with Crippen LogP contribution in [0.5, 0.6) is 0 Å². The van der Waals surface area contributed by atoms with Crippen molar-refractivity contribution in [3.8, 4) is 0 Å². The summed E-state index contributed by atoms with van der Waals surface area (Å²) in [5.41, 5.74) is 0. The summed E-state index contributed by atoms with van der Waals surface area (Å²) in [6.07, 6.45) is 6.25. The molecule has 0 aromatic rings. The second kappa shape index (κ2) is 7.00. The number of esters is 1. The second-order valence-corrected chi connectivity index (χ2v) is 5.39. The summed E-state index contributed by atoms with van der Waals surface area (Å²) in [7, 11) is 1.47. The summed E-state index contributed by atoms with van der Waals surface area (Å²) in [6.45, 7) is 6.42. The van der Waals surface area contributed by atoms with Crippen molar-refractivity contribution >= 4 is 5.97 Å². The molecule has 3 nitrogen and oxygen atoms in total. The predicted molar refractivity (Wildman–Crippen MR) is 69.8 cm³/mol. The van der Waals surface area contributed by atoms with Crippen LogP contribution in [0, 0.1) is 11.8 Å². The van der Waals surface area contributed by atoms with Crippen molar-refractivity contribution in [1.29, 1.82) is 0 Å². The van der Waals surface area contributed by atoms with Gasteiger partial charge in [0.1, 0.15) is 6.04 Å². The molecule has 17 heavy (non-hydrogen) atoms. The normalized spacial score (nSPS) is 22.1. The van der Waals surface area contributed by atoms with Crippen LogP contribution in [0.25, 0.3) is 0 Å². The number of rotatable bonds is 6. The van der Waals surface area contributed by atoms with E-state index in [0.29, 0.717) is 12.0 Å². The second-order valence-electron chi connectivity index (χ2n) is 5.39. The predicted octanol–water partition coefficient (Wildman–Crippen LogP) is 2.74. The van der Waals surface area contributed by atoms with Crippen LogP contribution >= 0.6 is 0 Å². The molecule has 100 valence electrons. The number of carbonyl (C=O) groups is 1. The first-order valence-corrected chi connectivity index (χ1v) is 6.94. The lowest BCUT2D eigenvalue weighted by molar-refractivity contribution is -0.144. The molecule has 1 N–H and O–H groups in total. The van der Waals surface area contributed by atoms with Crippen molar-refractivity contribution in [1.82, 2.24) is 5.32 Å². The van der Waals surface area contributed by atoms with Gasteiger partial charge in [0.25, 0.3) is 0 Å². The number of carbonyl (C=O) groups excluding carboxylic acids is 1. The minimum Gasteiger partial charge on any atom is -0.468 e. The van der Waals surface area contributed by atoms with E-state index in [4.69, 9.17) is 4.74 Å². The Labute approximate surface area is 105 Å². The molecule has 1 saturated carbocycles. The van der Waals surface area contributed by atoms with E-state index in [0.717, 1.165) is 12.3 Å². The molecule has 0 spiro atoms. The summed E-state index contributed by atoms with van der Waals surface area (Å²) in [5.74, 6) is 0.932. The molecule has 3 unspecified atom stereocenters. The highest BCUT2D eigenvalue weighted by atomic mass is 16.5. The number of methoxy groups -OCH3 is 1. The summed E-state index contributed by atoms with van der Waals surface area (Å²) in [5, 5.41) is 3.49. The Balaban J connectivity index is 2.55. The van der Waals surface area contributed by atoms with Gasteiger partial charge in [0.2, 0.25) is 0 Å². The molecule has 0 radical (unpaired) electrons. The highest BCUT2D eigenvalue weighted by molar-refractivity contribution is 5.76. The van der Waals surface area contributed by atoms with Gasteiger partial charge in [0.05, 0.1) is 7.11 Å². The Kier molecular flexibility index (Phi) is 5.96. The Morgan fingerprint density at radius 2 is 1.94 bits per heavy atom. The Morgan fingerprint density at radius 3 is 2.41 bits per heavy atom. The molecule has 0 aliphatic heterocycles. The Bertz CT molecular complexity index is 236. The van der Waals surface area contributed by atoms with E-state index in [2.05, 4.69) is 26.1 Å². The summed E-state index contributed by atoms with van der Waals surface area (Å²) < 4.78 is 4.90. The number of nitrogens with one attached hydrogen (secondary N) is 1. The molecular formula is C14H27NO2. The van der Waals surface area contributed by atoms with Gasteiger partial charge in [-0.1, -0.05) is 33.1 Å². The first kappa shape index (κ1) is 14.5. The fraction of sp³-hybridized carbons (Fsp3) is 0.929. The summed E-state index contributed by atoms with van der Waals surface area (Å²) in [6, 6.07) is 0.260. The van der Waals surface area contributed by atoms with Crippen LogP contribution in [0.1, 0.15) is 52.9 Å². The number of ether oxygens (including phenoxy) is 1. The standard InChI is InChI=1S/C14H27NO2/c1-5-10(2)13(14(16)17-4)15-11(3)12-8-6-7-9-12/h10-13,15H,5-9H2,1-4H3. The van der Waals surface area contributed by atoms with E-state index < -0.39 is 0 Å². The topological polar surface area (TPSA) is 38.3 Å². The van der Waals surface area contributed by atoms with Gasteiger partial charge in [-0.25, -0.2) is 0 Å². The zero-order valence-electron chi connectivity index (χ0n) is 11.7. The van der Waals surface area contributed by atoms with E-state index in [-0.39, 0.29) is 12.0 Å². The molecule has 1 fully saturated rings. The average molecular weight is 241 g/mol. The van der Waals surface area contributed by atoms with Crippen LogP contribution in [0.4, 0.5) is 0 Å². The number of hydrogen-bond acceptors (Lipinski definition) is 3. The minimum absolute atomic E-state index is 0.121. The fourth-order valence-electron chi connectivity index (χ4n) is 2.70. The van der Waals surface area contributed by atoms with Gasteiger partial charge in [-0.2, -0.15) is 0 Å². The van der Waals surface area contributed by atoms with Crippen molar-refractivity contribution in [3.05, 3.63) is 0 Å². The van der Waals surface area contributed by atoms with Crippen LogP contribution in [0.3, 0.4) is 0 Å². The zero-order valence-corrected chi connectivity index (χ0v) is 11.7. The summed E-state index contributed by atoms with van der Waals surface area (Å²) in [4.78, 5) is 11.8. The van der Waals surface area contributed by atoms with Gasteiger partial charge in [-0.15, -0.1) is 0 Å². The van der Waals surface area contributed by atoms with Gasteiger partial charge < -0.3 is 10.1 Å². The van der Waals surface area contributed by atoms with Crippen molar-refractivity contribution < 1.29 is 9.53 Å². The third-order valence-corrected chi connectivity index (χ3v) is 4.22. The first-order valence-electron chi connectivity index (χ1n) is 6.94. The maximum absolute atomic E-state index is 11.8. The van der Waals surface area contributed by atoms with E-state index in [1.165, 1.54) is 32.8 Å². The third-order valence-electron chi connectivity index (χ3n) is 4.22. The molecule has 1 aliphatic rings. The molecule has 3 atom stereocenters. The van der Waals surface area contributed by atoms with Crippen molar-refractivity contribution in [2.24, 2.45) is 11.8 Å². The SMILES string of the molecule is CCC(C)C(NC(C)C1CCCC1)C(=O)OC. The lowest BCUT2D eigenvalue weighted by atomic mass is 9.94. The monoisotopic (exact) mass is 241 g/mol. The number of hydrogen-bond donors (Lipinski definition) is 1. The quantitative estimate of drug-likeness (QED) is 0.727. The maximum Gasteiger partial charge on any atom is 0.323 e. The molecule has 1 rings (SSSR count). The fourth-order valence-corrected chi connectivity index (χ4v) is 2.70. The molecule has 0 aromatic carbocycles. The Morgan fingerprint density at radius 1 is 1.35 bits per heavy atom. The van der Waals surface area contributed by atoms with Crippen LogP contribution in [0.15, 0.2) is 0 Å². The molecule has 0 amide bonds. The van der Waals surface area contributed by atoms with Crippen molar-refractivity contribution in [2.75, 3.05) is 7.11 Å². The molecule has 3 heteroatoms. The molecule has 0 heterocycles. The van der Waals surface area contributed by atoms with Gasteiger partial charge in [0, 0.05) is 6.04 Å². The largest absolute Gasteiger partial charge is 0.468 e. The molecular weight excluding hydrogens is 214 g/mol. The van der Waals surface area contributed by atoms with E-state index in [1.807, 2.05) is 0 Å². The van der Waals surface area contributed by atoms with Crippen LogP contribution in [-0.4, -0.2) is 25.2 Å². The van der Waals surface area contributed by atoms with E-state index in [9.17, 15) is 4.79 Å². The highest BCUT2D eigenvalue weighted by Gasteiger charge is 2.29. The Hall–Kier alpha value is -0.570. The maximum atomic E-state index is 11.8. The third kappa shape index (κ3) is 3.98. The van der Waals surface area contributed by atoms with Crippen molar-refractivity contribution in [3.63, 3.8) is 0 Å². The molecule has 0 bridgehead atoms. The van der Waals surface area contributed by atoms with Crippen LogP contribution in [-0.2, 0) is 9.53 Å². The lowest BCUT2D eigenvalue weighted by Gasteiger charge is -2.28.